The molecule has 0 saturated carbocycles. The molecule has 0 amide bonds. The summed E-state index contributed by atoms with van der Waals surface area (Å²) in [6.45, 7) is 1.96. The van der Waals surface area contributed by atoms with Crippen molar-refractivity contribution in [3.8, 4) is 0 Å². The zero-order valence-corrected chi connectivity index (χ0v) is 9.70. The van der Waals surface area contributed by atoms with Crippen molar-refractivity contribution in [2.45, 2.75) is 6.92 Å². The second-order valence-electron chi connectivity index (χ2n) is 4.91. The molecule has 5 atom stereocenters. The minimum atomic E-state index is -0.600. The average Bonchev–Trinajstić information content (AvgIpc) is 2.86. The Morgan fingerprint density at radius 2 is 1.78 bits per heavy atom. The monoisotopic (exact) mass is 252 g/mol. The Morgan fingerprint density at radius 1 is 1.06 bits per heavy atom. The van der Waals surface area contributed by atoms with Gasteiger partial charge in [0.05, 0.1) is 17.8 Å². The lowest BCUT2D eigenvalue weighted by Gasteiger charge is -2.30. The molecule has 0 aromatic rings. The Balaban J connectivity index is 1.95. The minimum absolute atomic E-state index is 0.0662. The predicted molar refractivity (Wildman–Crippen MR) is 55.4 cm³/mol. The molecule has 2 saturated heterocycles. The predicted octanol–water partition coefficient (Wildman–Crippen LogP) is 0.229. The normalized spacial score (nSPS) is 42.7. The molecule has 0 N–H and O–H groups in total. The van der Waals surface area contributed by atoms with Crippen LogP contribution in [0, 0.1) is 29.6 Å². The Bertz CT molecular complexity index is 453. The lowest BCUT2D eigenvalue weighted by atomic mass is 9.68. The molecule has 0 bridgehead atoms. The maximum Gasteiger partial charge on any atom is 0.348 e. The number of allylic oxidation sites excluding steroid dienone is 2. The highest BCUT2D eigenvalue weighted by molar-refractivity contribution is 5.97. The Hall–Kier alpha value is -1.69. The SMILES string of the molecule is CC1C=CC(C2COOC2=O)C2C(=O)OC(=O)C12. The maximum absolute atomic E-state index is 11.8. The summed E-state index contributed by atoms with van der Waals surface area (Å²) in [6, 6.07) is 0. The Kier molecular flexibility index (Phi) is 2.48. The van der Waals surface area contributed by atoms with E-state index in [-0.39, 0.29) is 18.4 Å². The van der Waals surface area contributed by atoms with Crippen molar-refractivity contribution in [3.05, 3.63) is 12.2 Å². The van der Waals surface area contributed by atoms with Crippen LogP contribution in [0.15, 0.2) is 12.2 Å². The van der Waals surface area contributed by atoms with Crippen LogP contribution in [0.1, 0.15) is 6.92 Å². The van der Waals surface area contributed by atoms with Gasteiger partial charge in [-0.05, 0) is 5.92 Å². The van der Waals surface area contributed by atoms with Crippen LogP contribution >= 0.6 is 0 Å². The van der Waals surface area contributed by atoms with Crippen LogP contribution in [-0.4, -0.2) is 24.5 Å². The van der Waals surface area contributed by atoms with Crippen molar-refractivity contribution in [2.75, 3.05) is 6.61 Å². The lowest BCUT2D eigenvalue weighted by Crippen LogP contribution is -2.38. The lowest BCUT2D eigenvalue weighted by molar-refractivity contribution is -0.240. The number of hydrogen-bond donors (Lipinski definition) is 0. The Labute approximate surface area is 103 Å². The summed E-state index contributed by atoms with van der Waals surface area (Å²) in [5.74, 6) is -3.64. The van der Waals surface area contributed by atoms with E-state index in [4.69, 9.17) is 4.74 Å². The molecule has 18 heavy (non-hydrogen) atoms. The van der Waals surface area contributed by atoms with Gasteiger partial charge >= 0.3 is 17.9 Å². The summed E-state index contributed by atoms with van der Waals surface area (Å²) in [5, 5.41) is 0. The highest BCUT2D eigenvalue weighted by atomic mass is 17.2. The van der Waals surface area contributed by atoms with E-state index < -0.39 is 35.7 Å². The third-order valence-corrected chi connectivity index (χ3v) is 3.91. The van der Waals surface area contributed by atoms with Gasteiger partial charge in [0.15, 0.2) is 0 Å². The van der Waals surface area contributed by atoms with E-state index in [9.17, 15) is 14.4 Å². The van der Waals surface area contributed by atoms with E-state index in [0.717, 1.165) is 0 Å². The third-order valence-electron chi connectivity index (χ3n) is 3.91. The van der Waals surface area contributed by atoms with Gasteiger partial charge in [0.25, 0.3) is 0 Å². The van der Waals surface area contributed by atoms with Crippen LogP contribution in [0.4, 0.5) is 0 Å². The van der Waals surface area contributed by atoms with Gasteiger partial charge in [-0.15, -0.1) is 0 Å². The number of rotatable bonds is 1. The third kappa shape index (κ3) is 1.49. The molecule has 5 unspecified atom stereocenters. The van der Waals surface area contributed by atoms with Gasteiger partial charge in [0, 0.05) is 5.92 Å². The molecule has 0 spiro atoms. The van der Waals surface area contributed by atoms with E-state index in [1.165, 1.54) is 0 Å². The molecule has 2 aliphatic heterocycles. The topological polar surface area (TPSA) is 78.9 Å². The van der Waals surface area contributed by atoms with Gasteiger partial charge in [-0.3, -0.25) is 14.5 Å². The van der Waals surface area contributed by atoms with Gasteiger partial charge in [0.2, 0.25) is 0 Å². The van der Waals surface area contributed by atoms with Gasteiger partial charge in [-0.2, -0.15) is 4.89 Å². The number of carbonyl (C=O) groups is 3. The van der Waals surface area contributed by atoms with Crippen LogP contribution in [-0.2, 0) is 28.9 Å². The molecule has 0 aromatic heterocycles. The minimum Gasteiger partial charge on any atom is -0.393 e. The molecular formula is C12H12O6. The van der Waals surface area contributed by atoms with Crippen molar-refractivity contribution in [2.24, 2.45) is 29.6 Å². The number of esters is 2. The van der Waals surface area contributed by atoms with Crippen LogP contribution < -0.4 is 0 Å². The fourth-order valence-corrected chi connectivity index (χ4v) is 2.96. The highest BCUT2D eigenvalue weighted by Crippen LogP contribution is 2.44. The number of fused-ring (bicyclic) bond motifs is 1. The average molecular weight is 252 g/mol. The molecule has 0 aromatic carbocycles. The first-order chi connectivity index (χ1) is 8.59. The molecule has 1 aliphatic carbocycles. The molecule has 0 radical (unpaired) electrons. The van der Waals surface area contributed by atoms with Crippen molar-refractivity contribution < 1.29 is 28.9 Å². The summed E-state index contributed by atoms with van der Waals surface area (Å²) in [6.07, 6.45) is 3.64. The van der Waals surface area contributed by atoms with Crippen molar-refractivity contribution >= 4 is 17.9 Å². The number of carbonyl (C=O) groups excluding carboxylic acids is 3. The van der Waals surface area contributed by atoms with Gasteiger partial charge in [-0.25, -0.2) is 4.79 Å². The van der Waals surface area contributed by atoms with Gasteiger partial charge < -0.3 is 4.74 Å². The summed E-state index contributed by atoms with van der Waals surface area (Å²) in [4.78, 5) is 44.0. The molecule has 3 rings (SSSR count). The zero-order valence-electron chi connectivity index (χ0n) is 9.70. The molecule has 6 nitrogen and oxygen atoms in total. The van der Waals surface area contributed by atoms with Crippen LogP contribution in [0.25, 0.3) is 0 Å². The van der Waals surface area contributed by atoms with Crippen LogP contribution in [0.3, 0.4) is 0 Å². The first kappa shape index (κ1) is 11.4. The molecule has 96 valence electrons. The standard InChI is InChI=1S/C12H12O6/c1-5-2-3-6(7-4-16-18-10(7)13)9-8(5)11(14)17-12(9)15/h2-3,5-9H,4H2,1H3. The molecule has 6 heteroatoms. The second-order valence-corrected chi connectivity index (χ2v) is 4.91. The van der Waals surface area contributed by atoms with Crippen molar-refractivity contribution in [3.63, 3.8) is 0 Å². The summed E-state index contributed by atoms with van der Waals surface area (Å²) in [5.41, 5.74) is 0. The number of hydrogen-bond acceptors (Lipinski definition) is 6. The number of cyclic esters (lactones) is 2. The van der Waals surface area contributed by atoms with E-state index in [0.29, 0.717) is 0 Å². The van der Waals surface area contributed by atoms with Crippen LogP contribution in [0.5, 0.6) is 0 Å². The largest absolute Gasteiger partial charge is 0.393 e. The highest BCUT2D eigenvalue weighted by Gasteiger charge is 2.55. The first-order valence-corrected chi connectivity index (χ1v) is 5.87. The maximum atomic E-state index is 11.8. The smallest absolute Gasteiger partial charge is 0.348 e. The molecular weight excluding hydrogens is 240 g/mol. The van der Waals surface area contributed by atoms with Gasteiger partial charge in [0.1, 0.15) is 6.61 Å². The quantitative estimate of drug-likeness (QED) is 0.287. The van der Waals surface area contributed by atoms with E-state index in [1.807, 2.05) is 13.0 Å². The Morgan fingerprint density at radius 3 is 2.44 bits per heavy atom. The second kappa shape index (κ2) is 3.91. The molecule has 2 heterocycles. The molecule has 3 aliphatic rings. The van der Waals surface area contributed by atoms with Crippen LogP contribution in [0.2, 0.25) is 0 Å². The van der Waals surface area contributed by atoms with Crippen molar-refractivity contribution in [1.82, 2.24) is 0 Å². The van der Waals surface area contributed by atoms with E-state index >= 15 is 0 Å². The van der Waals surface area contributed by atoms with Gasteiger partial charge in [-0.1, -0.05) is 19.1 Å². The van der Waals surface area contributed by atoms with E-state index in [1.54, 1.807) is 6.08 Å². The fourth-order valence-electron chi connectivity index (χ4n) is 2.96. The summed E-state index contributed by atoms with van der Waals surface area (Å²) < 4.78 is 4.69. The first-order valence-electron chi connectivity index (χ1n) is 5.87. The summed E-state index contributed by atoms with van der Waals surface area (Å²) in [7, 11) is 0. The fraction of sp³-hybridized carbons (Fsp3) is 0.583. The zero-order chi connectivity index (χ0) is 12.9. The van der Waals surface area contributed by atoms with Crippen molar-refractivity contribution in [1.29, 1.82) is 0 Å². The summed E-state index contributed by atoms with van der Waals surface area (Å²) >= 11 is 0. The van der Waals surface area contributed by atoms with E-state index in [2.05, 4.69) is 9.78 Å². The number of ether oxygens (including phenoxy) is 1. The molecule has 2 fully saturated rings.